The van der Waals surface area contributed by atoms with Crippen molar-refractivity contribution in [1.82, 2.24) is 0 Å². The van der Waals surface area contributed by atoms with Crippen molar-refractivity contribution in [3.8, 4) is 5.75 Å². The van der Waals surface area contributed by atoms with Crippen LogP contribution in [0.5, 0.6) is 5.75 Å². The highest BCUT2D eigenvalue weighted by Crippen LogP contribution is 2.53. The first kappa shape index (κ1) is 23.5. The second-order valence-corrected chi connectivity index (χ2v) is 9.32. The molecule has 0 radical (unpaired) electrons. The summed E-state index contributed by atoms with van der Waals surface area (Å²) in [4.78, 5) is 5.43. The van der Waals surface area contributed by atoms with Gasteiger partial charge < -0.3 is 9.57 Å². The quantitative estimate of drug-likeness (QED) is 0.363. The third-order valence-corrected chi connectivity index (χ3v) is 6.51. The van der Waals surface area contributed by atoms with E-state index in [-0.39, 0.29) is 30.3 Å². The van der Waals surface area contributed by atoms with E-state index in [9.17, 15) is 17.6 Å². The van der Waals surface area contributed by atoms with E-state index in [2.05, 4.69) is 5.16 Å². The molecule has 2 atom stereocenters. The molecular formula is C25H26F5NO2. The number of hydrogen-bond donors (Lipinski definition) is 0. The van der Waals surface area contributed by atoms with Gasteiger partial charge in [0.15, 0.2) is 11.6 Å². The maximum Gasteiger partial charge on any atom is 0.416 e. The molecule has 2 aliphatic rings. The molecule has 1 fully saturated rings. The minimum atomic E-state index is -4.44. The number of halogens is 5. The highest BCUT2D eigenvalue weighted by molar-refractivity contribution is 5.85. The Morgan fingerprint density at radius 3 is 2.45 bits per heavy atom. The van der Waals surface area contributed by atoms with Crippen LogP contribution in [0.3, 0.4) is 0 Å². The summed E-state index contributed by atoms with van der Waals surface area (Å²) in [6.07, 6.45) is -2.71. The van der Waals surface area contributed by atoms with E-state index in [1.165, 1.54) is 12.1 Å². The van der Waals surface area contributed by atoms with Gasteiger partial charge in [-0.1, -0.05) is 31.1 Å². The van der Waals surface area contributed by atoms with Gasteiger partial charge in [0.2, 0.25) is 0 Å². The summed E-state index contributed by atoms with van der Waals surface area (Å²) >= 11 is 0. The van der Waals surface area contributed by atoms with E-state index in [4.69, 9.17) is 9.57 Å². The van der Waals surface area contributed by atoms with Crippen molar-refractivity contribution in [2.75, 3.05) is 13.2 Å². The Kier molecular flexibility index (Phi) is 6.38. The van der Waals surface area contributed by atoms with Crippen molar-refractivity contribution >= 4 is 5.71 Å². The monoisotopic (exact) mass is 467 g/mol. The first-order valence-corrected chi connectivity index (χ1v) is 11.1. The summed E-state index contributed by atoms with van der Waals surface area (Å²) in [5.74, 6) is -1.22. The van der Waals surface area contributed by atoms with Crippen molar-refractivity contribution in [3.63, 3.8) is 0 Å². The number of alkyl halides is 3. The SMILES string of the molecule is CC(C)CO/N=C1/CC[C@@]2(Cc3ccc(C(F)(F)F)cc3)c3c(F)ccc(F)c3OC[C@H]2C1. The lowest BCUT2D eigenvalue weighted by molar-refractivity contribution is -0.137. The van der Waals surface area contributed by atoms with Gasteiger partial charge in [0.1, 0.15) is 12.4 Å². The summed E-state index contributed by atoms with van der Waals surface area (Å²) < 4.78 is 74.4. The van der Waals surface area contributed by atoms with Crippen molar-refractivity contribution in [1.29, 1.82) is 0 Å². The van der Waals surface area contributed by atoms with Crippen LogP contribution in [0.15, 0.2) is 41.6 Å². The summed E-state index contributed by atoms with van der Waals surface area (Å²) in [6, 6.07) is 7.00. The molecule has 0 aromatic heterocycles. The molecule has 0 N–H and O–H groups in total. The predicted octanol–water partition coefficient (Wildman–Crippen LogP) is 6.69. The van der Waals surface area contributed by atoms with E-state index in [1.807, 2.05) is 13.8 Å². The van der Waals surface area contributed by atoms with Gasteiger partial charge >= 0.3 is 6.18 Å². The highest BCUT2D eigenvalue weighted by Gasteiger charge is 2.50. The van der Waals surface area contributed by atoms with Crippen LogP contribution in [0.4, 0.5) is 22.0 Å². The van der Waals surface area contributed by atoms with Gasteiger partial charge in [-0.05, 0) is 61.4 Å². The lowest BCUT2D eigenvalue weighted by Crippen LogP contribution is -2.49. The molecule has 178 valence electrons. The third-order valence-electron chi connectivity index (χ3n) is 6.51. The predicted molar refractivity (Wildman–Crippen MR) is 114 cm³/mol. The van der Waals surface area contributed by atoms with E-state index >= 15 is 4.39 Å². The van der Waals surface area contributed by atoms with Crippen LogP contribution in [0, 0.1) is 23.5 Å². The van der Waals surface area contributed by atoms with Crippen LogP contribution >= 0.6 is 0 Å². The van der Waals surface area contributed by atoms with Crippen molar-refractivity contribution in [2.45, 2.75) is 51.1 Å². The van der Waals surface area contributed by atoms with Gasteiger partial charge in [-0.2, -0.15) is 13.2 Å². The van der Waals surface area contributed by atoms with E-state index < -0.39 is 28.8 Å². The molecule has 3 nitrogen and oxygen atoms in total. The average Bonchev–Trinajstić information content (AvgIpc) is 2.75. The van der Waals surface area contributed by atoms with Crippen LogP contribution in [-0.4, -0.2) is 18.9 Å². The fraction of sp³-hybridized carbons (Fsp3) is 0.480. The summed E-state index contributed by atoms with van der Waals surface area (Å²) in [7, 11) is 0. The normalized spacial score (nSPS) is 23.8. The minimum absolute atomic E-state index is 0.102. The molecule has 2 aromatic carbocycles. The lowest BCUT2D eigenvalue weighted by atomic mass is 9.58. The highest BCUT2D eigenvalue weighted by atomic mass is 19.4. The number of ether oxygens (including phenoxy) is 1. The van der Waals surface area contributed by atoms with E-state index in [0.29, 0.717) is 37.4 Å². The molecule has 4 rings (SSSR count). The zero-order valence-electron chi connectivity index (χ0n) is 18.5. The molecule has 1 aliphatic carbocycles. The standard InChI is InChI=1S/C25H26F5NO2/c1-15(2)13-33-31-19-9-10-24(12-16-3-5-17(6-4-16)25(28,29)30)18(11-19)14-32-23-21(27)8-7-20(26)22(23)24/h3-8,15,18H,9-14H2,1-2H3/b31-19-/t18-,24+/m1/s1. The summed E-state index contributed by atoms with van der Waals surface area (Å²) in [5, 5.41) is 4.26. The van der Waals surface area contributed by atoms with Gasteiger partial charge in [-0.3, -0.25) is 0 Å². The van der Waals surface area contributed by atoms with Crippen LogP contribution < -0.4 is 4.74 Å². The van der Waals surface area contributed by atoms with Crippen LogP contribution in [-0.2, 0) is 22.8 Å². The smallest absolute Gasteiger partial charge is 0.416 e. The summed E-state index contributed by atoms with van der Waals surface area (Å²) in [5.41, 5.74) is 0.0518. The van der Waals surface area contributed by atoms with Crippen LogP contribution in [0.1, 0.15) is 49.8 Å². The van der Waals surface area contributed by atoms with Gasteiger partial charge in [0.25, 0.3) is 0 Å². The Morgan fingerprint density at radius 1 is 1.09 bits per heavy atom. The maximum absolute atomic E-state index is 15.1. The molecule has 1 heterocycles. The zero-order valence-corrected chi connectivity index (χ0v) is 18.5. The van der Waals surface area contributed by atoms with Gasteiger partial charge in [-0.15, -0.1) is 0 Å². The molecule has 8 heteroatoms. The second-order valence-electron chi connectivity index (χ2n) is 9.32. The third kappa shape index (κ3) is 4.70. The number of fused-ring (bicyclic) bond motifs is 3. The molecule has 33 heavy (non-hydrogen) atoms. The Bertz CT molecular complexity index is 1030. The molecular weight excluding hydrogens is 441 g/mol. The fourth-order valence-electron chi connectivity index (χ4n) is 4.88. The Labute approximate surface area is 189 Å². The number of hydrogen-bond acceptors (Lipinski definition) is 3. The molecule has 0 saturated heterocycles. The number of nitrogens with zero attached hydrogens (tertiary/aromatic N) is 1. The number of benzene rings is 2. The first-order chi connectivity index (χ1) is 15.6. The molecule has 1 aliphatic heterocycles. The molecule has 0 bridgehead atoms. The molecule has 0 spiro atoms. The minimum Gasteiger partial charge on any atom is -0.490 e. The Hall–Kier alpha value is -2.64. The van der Waals surface area contributed by atoms with Crippen molar-refractivity contribution < 1.29 is 31.5 Å². The maximum atomic E-state index is 15.1. The second kappa shape index (κ2) is 8.95. The number of oxime groups is 1. The van der Waals surface area contributed by atoms with Gasteiger partial charge in [0, 0.05) is 16.9 Å². The summed E-state index contributed by atoms with van der Waals surface area (Å²) in [6.45, 7) is 4.67. The first-order valence-electron chi connectivity index (χ1n) is 11.1. The van der Waals surface area contributed by atoms with Crippen LogP contribution in [0.2, 0.25) is 0 Å². The average molecular weight is 467 g/mol. The van der Waals surface area contributed by atoms with Gasteiger partial charge in [0.05, 0.1) is 17.9 Å². The van der Waals surface area contributed by atoms with Crippen molar-refractivity contribution in [3.05, 3.63) is 64.7 Å². The number of rotatable bonds is 5. The Morgan fingerprint density at radius 2 is 1.79 bits per heavy atom. The molecule has 0 amide bonds. The molecule has 1 saturated carbocycles. The molecule has 0 unspecified atom stereocenters. The zero-order chi connectivity index (χ0) is 23.8. The van der Waals surface area contributed by atoms with Crippen molar-refractivity contribution in [2.24, 2.45) is 17.0 Å². The molecule has 2 aromatic rings. The largest absolute Gasteiger partial charge is 0.490 e. The lowest BCUT2D eigenvalue weighted by Gasteiger charge is -2.48. The van der Waals surface area contributed by atoms with E-state index in [0.717, 1.165) is 30.0 Å². The topological polar surface area (TPSA) is 30.8 Å². The fourth-order valence-corrected chi connectivity index (χ4v) is 4.88. The Balaban J connectivity index is 1.70. The van der Waals surface area contributed by atoms with E-state index in [1.54, 1.807) is 0 Å². The van der Waals surface area contributed by atoms with Gasteiger partial charge in [-0.25, -0.2) is 8.78 Å². The van der Waals surface area contributed by atoms with Crippen LogP contribution in [0.25, 0.3) is 0 Å².